The van der Waals surface area contributed by atoms with E-state index in [0.717, 1.165) is 17.4 Å². The van der Waals surface area contributed by atoms with Gasteiger partial charge in [0, 0.05) is 23.3 Å². The van der Waals surface area contributed by atoms with Crippen LogP contribution in [-0.2, 0) is 16.6 Å². The van der Waals surface area contributed by atoms with E-state index in [1.165, 1.54) is 40.9 Å². The van der Waals surface area contributed by atoms with E-state index in [1.807, 2.05) is 31.2 Å². The molecule has 0 aliphatic rings. The van der Waals surface area contributed by atoms with Crippen LogP contribution in [-0.4, -0.2) is 31.7 Å². The fraction of sp³-hybridized carbons (Fsp3) is 0.130. The molecule has 170 valence electrons. The van der Waals surface area contributed by atoms with Crippen molar-refractivity contribution in [3.05, 3.63) is 105 Å². The van der Waals surface area contributed by atoms with E-state index in [0.29, 0.717) is 11.3 Å². The zero-order valence-electron chi connectivity index (χ0n) is 18.0. The molecular formula is C23H22N4O5S. The zero-order chi connectivity index (χ0) is 24.0. The van der Waals surface area contributed by atoms with E-state index in [-0.39, 0.29) is 17.8 Å². The van der Waals surface area contributed by atoms with Crippen molar-refractivity contribution in [2.75, 3.05) is 10.6 Å². The number of hydrogen-bond acceptors (Lipinski definition) is 6. The van der Waals surface area contributed by atoms with Gasteiger partial charge >= 0.3 is 0 Å². The topological polar surface area (TPSA) is 122 Å². The summed E-state index contributed by atoms with van der Waals surface area (Å²) >= 11 is 0. The van der Waals surface area contributed by atoms with E-state index in [2.05, 4.69) is 10.5 Å². The molecule has 3 aromatic rings. The normalized spacial score (nSPS) is 11.3. The first-order valence-corrected chi connectivity index (χ1v) is 11.7. The lowest BCUT2D eigenvalue weighted by Gasteiger charge is -2.23. The van der Waals surface area contributed by atoms with Crippen LogP contribution in [0, 0.1) is 17.0 Å². The molecule has 1 amide bonds. The summed E-state index contributed by atoms with van der Waals surface area (Å²) in [7, 11) is -3.56. The number of nitro benzene ring substituents is 1. The summed E-state index contributed by atoms with van der Waals surface area (Å²) in [5.41, 5.74) is 5.28. The van der Waals surface area contributed by atoms with E-state index in [9.17, 15) is 23.3 Å². The molecular weight excluding hydrogens is 444 g/mol. The highest BCUT2D eigenvalue weighted by Gasteiger charge is 2.19. The van der Waals surface area contributed by atoms with Gasteiger partial charge in [-0.2, -0.15) is 5.10 Å². The monoisotopic (exact) mass is 466 g/mol. The summed E-state index contributed by atoms with van der Waals surface area (Å²) in [6.07, 6.45) is 2.43. The second kappa shape index (κ2) is 10.0. The van der Waals surface area contributed by atoms with Gasteiger partial charge in [0.2, 0.25) is 10.0 Å². The van der Waals surface area contributed by atoms with Crippen molar-refractivity contribution in [2.45, 2.75) is 13.5 Å². The smallest absolute Gasteiger partial charge is 0.267 e. The number of nitrogens with zero attached hydrogens (tertiary/aromatic N) is 3. The standard InChI is InChI=1S/C23H22N4O5S/c1-17-6-3-4-8-20(17)16-26(33(2,31)32)21-12-10-19(11-13-21)23(28)25-24-15-18-7-5-9-22(14-18)27(29)30/h3-15H,16H2,1-2H3,(H,25,28)/b24-15-. The van der Waals surface area contributed by atoms with Crippen LogP contribution in [0.4, 0.5) is 11.4 Å². The lowest BCUT2D eigenvalue weighted by Crippen LogP contribution is -2.29. The minimum absolute atomic E-state index is 0.0815. The van der Waals surface area contributed by atoms with Crippen molar-refractivity contribution < 1.29 is 18.1 Å². The molecule has 0 atom stereocenters. The lowest BCUT2D eigenvalue weighted by molar-refractivity contribution is -0.384. The first-order valence-electron chi connectivity index (χ1n) is 9.85. The zero-order valence-corrected chi connectivity index (χ0v) is 18.8. The Hall–Kier alpha value is -4.05. The van der Waals surface area contributed by atoms with Crippen LogP contribution in [0.25, 0.3) is 0 Å². The Morgan fingerprint density at radius 2 is 1.79 bits per heavy atom. The molecule has 0 spiro atoms. The third-order valence-electron chi connectivity index (χ3n) is 4.85. The Kier molecular flexibility index (Phi) is 7.19. The van der Waals surface area contributed by atoms with Crippen LogP contribution >= 0.6 is 0 Å². The molecule has 0 aromatic heterocycles. The van der Waals surface area contributed by atoms with Gasteiger partial charge in [-0.3, -0.25) is 19.2 Å². The minimum atomic E-state index is -3.56. The van der Waals surface area contributed by atoms with Crippen LogP contribution < -0.4 is 9.73 Å². The molecule has 3 rings (SSSR count). The van der Waals surface area contributed by atoms with Crippen LogP contribution in [0.15, 0.2) is 77.9 Å². The number of amides is 1. The number of hydrogen-bond donors (Lipinski definition) is 1. The number of rotatable bonds is 8. The van der Waals surface area contributed by atoms with Crippen LogP contribution in [0.3, 0.4) is 0 Å². The van der Waals surface area contributed by atoms with Crippen LogP contribution in [0.2, 0.25) is 0 Å². The summed E-state index contributed by atoms with van der Waals surface area (Å²) in [6, 6.07) is 19.5. The lowest BCUT2D eigenvalue weighted by atomic mass is 10.1. The maximum Gasteiger partial charge on any atom is 0.271 e. The number of non-ortho nitro benzene ring substituents is 1. The summed E-state index contributed by atoms with van der Waals surface area (Å²) in [5, 5.41) is 14.7. The molecule has 1 N–H and O–H groups in total. The molecule has 0 radical (unpaired) electrons. The average molecular weight is 467 g/mol. The van der Waals surface area contributed by atoms with Gasteiger partial charge in [0.05, 0.1) is 29.6 Å². The number of sulfonamides is 1. The van der Waals surface area contributed by atoms with Gasteiger partial charge in [0.1, 0.15) is 0 Å². The SMILES string of the molecule is Cc1ccccc1CN(c1ccc(C(=O)N/N=C\c2cccc([N+](=O)[O-])c2)cc1)S(C)(=O)=O. The predicted molar refractivity (Wildman–Crippen MR) is 127 cm³/mol. The van der Waals surface area contributed by atoms with Crippen molar-refractivity contribution in [3.63, 3.8) is 0 Å². The van der Waals surface area contributed by atoms with E-state index >= 15 is 0 Å². The molecule has 0 heterocycles. The van der Waals surface area contributed by atoms with E-state index < -0.39 is 20.9 Å². The molecule has 0 fully saturated rings. The molecule has 0 aliphatic carbocycles. The van der Waals surface area contributed by atoms with Gasteiger partial charge in [0.15, 0.2) is 0 Å². The number of nitro groups is 1. The minimum Gasteiger partial charge on any atom is -0.267 e. The molecule has 0 aliphatic heterocycles. The quantitative estimate of drug-likeness (QED) is 0.309. The predicted octanol–water partition coefficient (Wildman–Crippen LogP) is 3.63. The van der Waals surface area contributed by atoms with Crippen molar-refractivity contribution in [2.24, 2.45) is 5.10 Å². The number of aryl methyl sites for hydroxylation is 1. The van der Waals surface area contributed by atoms with Gasteiger partial charge in [-0.15, -0.1) is 0 Å². The number of carbonyl (C=O) groups excluding carboxylic acids is 1. The molecule has 33 heavy (non-hydrogen) atoms. The van der Waals surface area contributed by atoms with Crippen LogP contribution in [0.5, 0.6) is 0 Å². The number of anilines is 1. The van der Waals surface area contributed by atoms with Crippen molar-refractivity contribution in [3.8, 4) is 0 Å². The molecule has 0 saturated carbocycles. The largest absolute Gasteiger partial charge is 0.271 e. The van der Waals surface area contributed by atoms with E-state index in [4.69, 9.17) is 0 Å². The van der Waals surface area contributed by atoms with Gasteiger partial charge < -0.3 is 0 Å². The number of hydrazone groups is 1. The summed E-state index contributed by atoms with van der Waals surface area (Å²) in [4.78, 5) is 22.7. The molecule has 0 unspecified atom stereocenters. The molecule has 10 heteroatoms. The summed E-state index contributed by atoms with van der Waals surface area (Å²) < 4.78 is 26.1. The fourth-order valence-corrected chi connectivity index (χ4v) is 3.95. The summed E-state index contributed by atoms with van der Waals surface area (Å²) in [6.45, 7) is 2.09. The van der Waals surface area contributed by atoms with Crippen LogP contribution in [0.1, 0.15) is 27.0 Å². The Bertz CT molecular complexity index is 1300. The summed E-state index contributed by atoms with van der Waals surface area (Å²) in [5.74, 6) is -0.506. The highest BCUT2D eigenvalue weighted by atomic mass is 32.2. The first-order chi connectivity index (χ1) is 15.6. The highest BCUT2D eigenvalue weighted by molar-refractivity contribution is 7.92. The second-order valence-corrected chi connectivity index (χ2v) is 9.20. The van der Waals surface area contributed by atoms with Gasteiger partial charge in [0.25, 0.3) is 11.6 Å². The van der Waals surface area contributed by atoms with E-state index in [1.54, 1.807) is 18.2 Å². The molecule has 0 bridgehead atoms. The third-order valence-corrected chi connectivity index (χ3v) is 5.99. The van der Waals surface area contributed by atoms with Crippen molar-refractivity contribution in [1.29, 1.82) is 0 Å². The van der Waals surface area contributed by atoms with Gasteiger partial charge in [-0.1, -0.05) is 36.4 Å². The van der Waals surface area contributed by atoms with Gasteiger partial charge in [-0.05, 0) is 42.3 Å². The number of benzene rings is 3. The average Bonchev–Trinajstić information content (AvgIpc) is 2.78. The Balaban J connectivity index is 1.72. The highest BCUT2D eigenvalue weighted by Crippen LogP contribution is 2.22. The first kappa shape index (κ1) is 23.6. The Labute approximate surface area is 191 Å². The Morgan fingerprint density at radius 3 is 2.42 bits per heavy atom. The number of nitrogens with one attached hydrogen (secondary N) is 1. The second-order valence-electron chi connectivity index (χ2n) is 7.29. The molecule has 9 nitrogen and oxygen atoms in total. The molecule has 0 saturated heterocycles. The van der Waals surface area contributed by atoms with Gasteiger partial charge in [-0.25, -0.2) is 13.8 Å². The Morgan fingerprint density at radius 1 is 1.09 bits per heavy atom. The maximum atomic E-state index is 12.4. The van der Waals surface area contributed by atoms with Crippen molar-refractivity contribution in [1.82, 2.24) is 5.43 Å². The maximum absolute atomic E-state index is 12.4. The number of carbonyl (C=O) groups is 1. The van der Waals surface area contributed by atoms with Crippen molar-refractivity contribution >= 4 is 33.5 Å². The fourth-order valence-electron chi connectivity index (χ4n) is 3.07. The molecule has 3 aromatic carbocycles. The third kappa shape index (κ3) is 6.23.